The maximum Gasteiger partial charge on any atom is 0.246 e. The van der Waals surface area contributed by atoms with Crippen LogP contribution < -0.4 is 0 Å². The summed E-state index contributed by atoms with van der Waals surface area (Å²) in [6, 6.07) is 0. The first-order valence-electron chi connectivity index (χ1n) is 7.17. The van der Waals surface area contributed by atoms with Gasteiger partial charge in [-0.05, 0) is 49.5 Å². The Kier molecular flexibility index (Phi) is 3.65. The standard InChI is InChI=1S/C16H25NO/c1-5-17(6-2)15(18)10-8-12-7-9-13-11-14(12)16(13,3)4/h7-8,10,13-14H,5-6,9,11H2,1-4H3. The summed E-state index contributed by atoms with van der Waals surface area (Å²) in [7, 11) is 0. The molecule has 18 heavy (non-hydrogen) atoms. The van der Waals surface area contributed by atoms with Gasteiger partial charge in [0, 0.05) is 19.2 Å². The van der Waals surface area contributed by atoms with E-state index < -0.39 is 0 Å². The van der Waals surface area contributed by atoms with Crippen LogP contribution in [-0.2, 0) is 4.79 Å². The van der Waals surface area contributed by atoms with Gasteiger partial charge in [-0.3, -0.25) is 4.79 Å². The van der Waals surface area contributed by atoms with Crippen molar-refractivity contribution in [2.75, 3.05) is 13.1 Å². The smallest absolute Gasteiger partial charge is 0.246 e. The van der Waals surface area contributed by atoms with Gasteiger partial charge < -0.3 is 4.90 Å². The number of nitrogens with zero attached hydrogens (tertiary/aromatic N) is 1. The molecule has 2 heteroatoms. The number of rotatable bonds is 4. The number of carbonyl (C=O) groups is 1. The fraction of sp³-hybridized carbons (Fsp3) is 0.688. The molecule has 0 spiro atoms. The third kappa shape index (κ3) is 2.13. The zero-order valence-corrected chi connectivity index (χ0v) is 12.1. The Balaban J connectivity index is 2.02. The van der Waals surface area contributed by atoms with Crippen LogP contribution in [0.5, 0.6) is 0 Å². The van der Waals surface area contributed by atoms with Crippen molar-refractivity contribution in [2.24, 2.45) is 17.3 Å². The zero-order valence-electron chi connectivity index (χ0n) is 12.1. The lowest BCUT2D eigenvalue weighted by Gasteiger charge is -2.56. The molecule has 100 valence electrons. The molecule has 2 nitrogen and oxygen atoms in total. The maximum absolute atomic E-state index is 11.9. The number of allylic oxidation sites excluding steroid dienone is 3. The summed E-state index contributed by atoms with van der Waals surface area (Å²) >= 11 is 0. The van der Waals surface area contributed by atoms with E-state index in [2.05, 4.69) is 26.0 Å². The Morgan fingerprint density at radius 1 is 1.44 bits per heavy atom. The molecule has 2 atom stereocenters. The molecule has 0 radical (unpaired) electrons. The Hall–Kier alpha value is -1.05. The van der Waals surface area contributed by atoms with Gasteiger partial charge in [-0.15, -0.1) is 0 Å². The quantitative estimate of drug-likeness (QED) is 0.697. The van der Waals surface area contributed by atoms with Crippen molar-refractivity contribution in [2.45, 2.75) is 40.5 Å². The molecule has 0 heterocycles. The molecule has 0 aliphatic heterocycles. The van der Waals surface area contributed by atoms with Gasteiger partial charge in [-0.25, -0.2) is 0 Å². The Morgan fingerprint density at radius 2 is 2.11 bits per heavy atom. The molecule has 1 fully saturated rings. The molecule has 0 N–H and O–H groups in total. The molecular formula is C16H25NO. The van der Waals surface area contributed by atoms with Crippen LogP contribution in [0.4, 0.5) is 0 Å². The van der Waals surface area contributed by atoms with E-state index in [4.69, 9.17) is 0 Å². The zero-order chi connectivity index (χ0) is 13.3. The minimum atomic E-state index is 0.139. The lowest BCUT2D eigenvalue weighted by molar-refractivity contribution is -0.125. The molecular weight excluding hydrogens is 222 g/mol. The van der Waals surface area contributed by atoms with Crippen LogP contribution in [0.1, 0.15) is 40.5 Å². The van der Waals surface area contributed by atoms with Crippen LogP contribution in [0.25, 0.3) is 0 Å². The van der Waals surface area contributed by atoms with Gasteiger partial charge in [0.15, 0.2) is 0 Å². The van der Waals surface area contributed by atoms with Crippen molar-refractivity contribution in [3.63, 3.8) is 0 Å². The number of carbonyl (C=O) groups excluding carboxylic acids is 1. The van der Waals surface area contributed by atoms with Crippen LogP contribution in [0, 0.1) is 17.3 Å². The highest BCUT2D eigenvalue weighted by molar-refractivity contribution is 5.88. The van der Waals surface area contributed by atoms with Crippen molar-refractivity contribution >= 4 is 5.91 Å². The predicted octanol–water partition coefficient (Wildman–Crippen LogP) is 3.40. The monoisotopic (exact) mass is 247 g/mol. The number of fused-ring (bicyclic) bond motifs is 1. The molecule has 2 unspecified atom stereocenters. The number of hydrogen-bond donors (Lipinski definition) is 0. The van der Waals surface area contributed by atoms with Gasteiger partial charge >= 0.3 is 0 Å². The third-order valence-corrected chi connectivity index (χ3v) is 5.00. The molecule has 3 aliphatic rings. The maximum atomic E-state index is 11.9. The molecule has 3 rings (SSSR count). The molecule has 0 aromatic heterocycles. The van der Waals surface area contributed by atoms with Crippen molar-refractivity contribution < 1.29 is 4.79 Å². The second-order valence-electron chi connectivity index (χ2n) is 6.09. The van der Waals surface area contributed by atoms with Gasteiger partial charge in [0.05, 0.1) is 0 Å². The first kappa shape index (κ1) is 13.4. The fourth-order valence-electron chi connectivity index (χ4n) is 3.39. The molecule has 0 aromatic carbocycles. The van der Waals surface area contributed by atoms with Crippen molar-refractivity contribution in [3.8, 4) is 0 Å². The van der Waals surface area contributed by atoms with Crippen LogP contribution in [0.3, 0.4) is 0 Å². The van der Waals surface area contributed by atoms with Gasteiger partial charge in [0.25, 0.3) is 0 Å². The summed E-state index contributed by atoms with van der Waals surface area (Å²) in [6.45, 7) is 10.3. The summed E-state index contributed by atoms with van der Waals surface area (Å²) < 4.78 is 0. The van der Waals surface area contributed by atoms with E-state index in [0.29, 0.717) is 11.3 Å². The van der Waals surface area contributed by atoms with Gasteiger partial charge in [-0.1, -0.05) is 26.0 Å². The topological polar surface area (TPSA) is 20.3 Å². The molecule has 3 aliphatic carbocycles. The Bertz CT molecular complexity index is 388. The lowest BCUT2D eigenvalue weighted by Crippen LogP contribution is -2.47. The minimum absolute atomic E-state index is 0.139. The van der Waals surface area contributed by atoms with Crippen LogP contribution in [-0.4, -0.2) is 23.9 Å². The fourth-order valence-corrected chi connectivity index (χ4v) is 3.39. The summed E-state index contributed by atoms with van der Waals surface area (Å²) in [5.41, 5.74) is 1.81. The molecule has 1 amide bonds. The second-order valence-corrected chi connectivity index (χ2v) is 6.09. The second kappa shape index (κ2) is 4.91. The van der Waals surface area contributed by atoms with Crippen LogP contribution in [0.15, 0.2) is 23.8 Å². The van der Waals surface area contributed by atoms with Gasteiger partial charge in [0.2, 0.25) is 5.91 Å². The summed E-state index contributed by atoms with van der Waals surface area (Å²) in [5.74, 6) is 1.66. The summed E-state index contributed by atoms with van der Waals surface area (Å²) in [6.07, 6.45) is 8.64. The van der Waals surface area contributed by atoms with Gasteiger partial charge in [0.1, 0.15) is 0 Å². The third-order valence-electron chi connectivity index (χ3n) is 5.00. The number of likely N-dealkylation sites (N-methyl/N-ethyl adjacent to an activating group) is 1. The first-order valence-corrected chi connectivity index (χ1v) is 7.17. The molecule has 1 saturated carbocycles. The highest BCUT2D eigenvalue weighted by Crippen LogP contribution is 2.59. The van der Waals surface area contributed by atoms with E-state index in [1.165, 1.54) is 18.4 Å². The van der Waals surface area contributed by atoms with Crippen LogP contribution >= 0.6 is 0 Å². The number of amides is 1. The van der Waals surface area contributed by atoms with Crippen LogP contribution in [0.2, 0.25) is 0 Å². The van der Waals surface area contributed by atoms with E-state index in [1.54, 1.807) is 6.08 Å². The molecule has 0 aromatic rings. The van der Waals surface area contributed by atoms with E-state index in [9.17, 15) is 4.79 Å². The summed E-state index contributed by atoms with van der Waals surface area (Å²) in [4.78, 5) is 13.8. The SMILES string of the molecule is CCN(CC)C(=O)C=CC1=CCC2CC1C2(C)C. The lowest BCUT2D eigenvalue weighted by atomic mass is 9.49. The average Bonchev–Trinajstić information content (AvgIpc) is 2.37. The van der Waals surface area contributed by atoms with E-state index in [-0.39, 0.29) is 5.91 Å². The van der Waals surface area contributed by atoms with Crippen molar-refractivity contribution in [1.29, 1.82) is 0 Å². The average molecular weight is 247 g/mol. The van der Waals surface area contributed by atoms with Crippen molar-refractivity contribution in [1.82, 2.24) is 4.90 Å². The minimum Gasteiger partial charge on any atom is -0.340 e. The number of hydrogen-bond acceptors (Lipinski definition) is 1. The van der Waals surface area contributed by atoms with E-state index in [1.807, 2.05) is 18.7 Å². The largest absolute Gasteiger partial charge is 0.340 e. The highest BCUT2D eigenvalue weighted by atomic mass is 16.2. The van der Waals surface area contributed by atoms with E-state index >= 15 is 0 Å². The van der Waals surface area contributed by atoms with Crippen molar-refractivity contribution in [3.05, 3.63) is 23.8 Å². The summed E-state index contributed by atoms with van der Waals surface area (Å²) in [5, 5.41) is 0. The molecule has 0 saturated heterocycles. The highest BCUT2D eigenvalue weighted by Gasteiger charge is 2.50. The Labute approximate surface area is 111 Å². The van der Waals surface area contributed by atoms with Gasteiger partial charge in [-0.2, -0.15) is 0 Å². The molecule has 2 bridgehead atoms. The predicted molar refractivity (Wildman–Crippen MR) is 75.1 cm³/mol. The normalized spacial score (nSPS) is 28.8. The Morgan fingerprint density at radius 3 is 2.61 bits per heavy atom. The van der Waals surface area contributed by atoms with E-state index in [0.717, 1.165) is 19.0 Å². The first-order chi connectivity index (χ1) is 8.50.